The Bertz CT molecular complexity index is 1380. The molecular weight excluding hydrogens is 552 g/mol. The van der Waals surface area contributed by atoms with Crippen LogP contribution in [-0.2, 0) is 25.8 Å². The van der Waals surface area contributed by atoms with Crippen molar-refractivity contribution in [3.8, 4) is 5.75 Å². The smallest absolute Gasteiger partial charge is 0.343 e. The van der Waals surface area contributed by atoms with Crippen LogP contribution in [0.25, 0.3) is 0 Å². The van der Waals surface area contributed by atoms with Crippen LogP contribution in [0, 0.1) is 11.8 Å². The molecule has 2 aliphatic heterocycles. The predicted molar refractivity (Wildman–Crippen MR) is 162 cm³/mol. The fourth-order valence-corrected chi connectivity index (χ4v) is 6.93. The first-order valence-corrected chi connectivity index (χ1v) is 16.4. The van der Waals surface area contributed by atoms with Gasteiger partial charge in [-0.25, -0.2) is 13.2 Å². The SMILES string of the molecule is O=C(Oc1ccc(S(=O)(=O)CCN2CC[C@H](Cc3ccccc3)[C@H](O)C2)cc1)C1=CC=CC(CN2CCOCC2)C=C1. The van der Waals surface area contributed by atoms with Gasteiger partial charge < -0.3 is 14.6 Å². The molecule has 0 aromatic heterocycles. The topological polar surface area (TPSA) is 96.4 Å². The van der Waals surface area contributed by atoms with Crippen LogP contribution in [0.3, 0.4) is 0 Å². The number of likely N-dealkylation sites (tertiary alicyclic amines) is 1. The lowest BCUT2D eigenvalue weighted by Gasteiger charge is -2.36. The minimum Gasteiger partial charge on any atom is -0.423 e. The minimum atomic E-state index is -3.54. The number of aliphatic hydroxyl groups is 1. The Labute approximate surface area is 248 Å². The molecule has 2 saturated heterocycles. The average molecular weight is 593 g/mol. The number of rotatable bonds is 10. The summed E-state index contributed by atoms with van der Waals surface area (Å²) in [5, 5.41) is 10.7. The highest BCUT2D eigenvalue weighted by atomic mass is 32.2. The van der Waals surface area contributed by atoms with Crippen LogP contribution < -0.4 is 4.74 Å². The molecule has 8 nitrogen and oxygen atoms in total. The molecule has 0 bridgehead atoms. The first-order chi connectivity index (χ1) is 20.4. The third kappa shape index (κ3) is 8.49. The largest absolute Gasteiger partial charge is 0.423 e. The maximum Gasteiger partial charge on any atom is 0.343 e. The van der Waals surface area contributed by atoms with E-state index in [1.54, 1.807) is 12.2 Å². The third-order valence-corrected chi connectivity index (χ3v) is 9.89. The molecule has 2 fully saturated rings. The fraction of sp³-hybridized carbons (Fsp3) is 0.424. The van der Waals surface area contributed by atoms with E-state index in [0.717, 1.165) is 52.2 Å². The minimum absolute atomic E-state index is 0.0438. The first-order valence-electron chi connectivity index (χ1n) is 14.7. The van der Waals surface area contributed by atoms with Crippen molar-refractivity contribution in [3.05, 3.63) is 96.1 Å². The predicted octanol–water partition coefficient (Wildman–Crippen LogP) is 3.29. The lowest BCUT2D eigenvalue weighted by atomic mass is 9.88. The fourth-order valence-electron chi connectivity index (χ4n) is 5.64. The summed E-state index contributed by atoms with van der Waals surface area (Å²) >= 11 is 0. The molecule has 42 heavy (non-hydrogen) atoms. The van der Waals surface area contributed by atoms with Gasteiger partial charge in [-0.3, -0.25) is 9.80 Å². The summed E-state index contributed by atoms with van der Waals surface area (Å²) in [4.78, 5) is 17.3. The Morgan fingerprint density at radius 2 is 1.74 bits per heavy atom. The van der Waals surface area contributed by atoms with E-state index < -0.39 is 21.9 Å². The Hall–Kier alpha value is -3.08. The van der Waals surface area contributed by atoms with E-state index >= 15 is 0 Å². The highest BCUT2D eigenvalue weighted by Gasteiger charge is 2.28. The van der Waals surface area contributed by atoms with Gasteiger partial charge in [0.25, 0.3) is 0 Å². The van der Waals surface area contributed by atoms with Crippen molar-refractivity contribution in [2.75, 3.05) is 58.2 Å². The van der Waals surface area contributed by atoms with Gasteiger partial charge >= 0.3 is 5.97 Å². The van der Waals surface area contributed by atoms with E-state index in [-0.39, 0.29) is 28.2 Å². The number of benzene rings is 2. The molecule has 0 saturated carbocycles. The second-order valence-electron chi connectivity index (χ2n) is 11.2. The summed E-state index contributed by atoms with van der Waals surface area (Å²) < 4.78 is 37.0. The van der Waals surface area contributed by atoms with Gasteiger partial charge in [0.1, 0.15) is 5.75 Å². The van der Waals surface area contributed by atoms with Crippen LogP contribution in [0.1, 0.15) is 12.0 Å². The zero-order valence-electron chi connectivity index (χ0n) is 23.9. The normalized spacial score (nSPS) is 23.7. The maximum absolute atomic E-state index is 13.0. The van der Waals surface area contributed by atoms with Crippen LogP contribution >= 0.6 is 0 Å². The summed E-state index contributed by atoms with van der Waals surface area (Å²) in [6.45, 7) is 5.75. The Morgan fingerprint density at radius 3 is 2.48 bits per heavy atom. The molecule has 9 heteroatoms. The van der Waals surface area contributed by atoms with Crippen molar-refractivity contribution in [1.82, 2.24) is 9.80 Å². The monoisotopic (exact) mass is 592 g/mol. The van der Waals surface area contributed by atoms with E-state index in [1.807, 2.05) is 35.3 Å². The van der Waals surface area contributed by atoms with Gasteiger partial charge in [0.05, 0.1) is 35.5 Å². The number of morpholine rings is 1. The number of hydrogen-bond donors (Lipinski definition) is 1. The Kier molecular flexibility index (Phi) is 10.4. The molecule has 1 unspecified atom stereocenters. The second-order valence-corrected chi connectivity index (χ2v) is 13.3. The van der Waals surface area contributed by atoms with Crippen molar-refractivity contribution < 1.29 is 27.8 Å². The summed E-state index contributed by atoms with van der Waals surface area (Å²) in [5.41, 5.74) is 1.64. The number of hydrogen-bond acceptors (Lipinski definition) is 8. The second kappa shape index (κ2) is 14.4. The van der Waals surface area contributed by atoms with Gasteiger partial charge in [-0.15, -0.1) is 0 Å². The number of esters is 1. The van der Waals surface area contributed by atoms with Crippen molar-refractivity contribution in [2.45, 2.75) is 23.8 Å². The molecule has 1 N–H and O–H groups in total. The number of carbonyl (C=O) groups excluding carboxylic acids is 1. The molecule has 2 aromatic carbocycles. The number of β-amino-alcohol motifs (C(OH)–C–C–N with tert-alkyl or cyclic N) is 1. The summed E-state index contributed by atoms with van der Waals surface area (Å²) in [6.07, 6.45) is 10.6. The van der Waals surface area contributed by atoms with Gasteiger partial charge in [-0.2, -0.15) is 0 Å². The van der Waals surface area contributed by atoms with Crippen molar-refractivity contribution >= 4 is 15.8 Å². The molecule has 1 aliphatic carbocycles. The Morgan fingerprint density at radius 1 is 0.976 bits per heavy atom. The molecule has 3 atom stereocenters. The summed E-state index contributed by atoms with van der Waals surface area (Å²) in [6, 6.07) is 16.1. The van der Waals surface area contributed by atoms with E-state index in [9.17, 15) is 18.3 Å². The lowest BCUT2D eigenvalue weighted by Crippen LogP contribution is -2.46. The molecule has 0 spiro atoms. The van der Waals surface area contributed by atoms with E-state index in [4.69, 9.17) is 9.47 Å². The standard InChI is InChI=1S/C33H40N2O6S/c36-32-25-34(16-15-29(32)23-26-5-2-1-3-6-26)19-22-42(38,39)31-13-11-30(12-14-31)41-33(37)28-8-4-7-27(9-10-28)24-35-17-20-40-21-18-35/h1-14,27,29,32,36H,15-25H2/t27?,29-,32-/m1/s1. The highest BCUT2D eigenvalue weighted by Crippen LogP contribution is 2.24. The summed E-state index contributed by atoms with van der Waals surface area (Å²) in [7, 11) is -3.54. The van der Waals surface area contributed by atoms with Crippen LogP contribution in [0.2, 0.25) is 0 Å². The molecule has 2 heterocycles. The number of ether oxygens (including phenoxy) is 2. The van der Waals surface area contributed by atoms with Crippen molar-refractivity contribution in [3.63, 3.8) is 0 Å². The molecule has 0 amide bonds. The third-order valence-electron chi connectivity index (χ3n) is 8.18. The summed E-state index contributed by atoms with van der Waals surface area (Å²) in [5.74, 6) is 0.116. The number of piperidine rings is 1. The van der Waals surface area contributed by atoms with E-state index in [1.165, 1.54) is 29.8 Å². The molecular formula is C33H40N2O6S. The van der Waals surface area contributed by atoms with E-state index in [0.29, 0.717) is 18.7 Å². The number of allylic oxidation sites excluding steroid dienone is 2. The van der Waals surface area contributed by atoms with Crippen LogP contribution in [0.15, 0.2) is 95.4 Å². The van der Waals surface area contributed by atoms with Gasteiger partial charge in [0.15, 0.2) is 9.84 Å². The number of carbonyl (C=O) groups is 1. The highest BCUT2D eigenvalue weighted by molar-refractivity contribution is 7.91. The number of aliphatic hydroxyl groups excluding tert-OH is 1. The van der Waals surface area contributed by atoms with E-state index in [2.05, 4.69) is 23.1 Å². The van der Waals surface area contributed by atoms with Crippen molar-refractivity contribution in [1.29, 1.82) is 0 Å². The van der Waals surface area contributed by atoms with Crippen LogP contribution in [0.4, 0.5) is 0 Å². The van der Waals surface area contributed by atoms with Crippen LogP contribution in [0.5, 0.6) is 5.75 Å². The van der Waals surface area contributed by atoms with Crippen LogP contribution in [-0.4, -0.2) is 93.6 Å². The first kappa shape index (κ1) is 30.4. The van der Waals surface area contributed by atoms with Gasteiger partial charge in [-0.05, 0) is 61.2 Å². The molecule has 224 valence electrons. The quantitative estimate of drug-likeness (QED) is 0.332. The molecule has 3 aliphatic rings. The molecule has 5 rings (SSSR count). The number of nitrogens with zero attached hydrogens (tertiary/aromatic N) is 2. The Balaban J connectivity index is 1.08. The maximum atomic E-state index is 13.0. The molecule has 0 radical (unpaired) electrons. The number of sulfone groups is 1. The van der Waals surface area contributed by atoms with Gasteiger partial charge in [0.2, 0.25) is 0 Å². The zero-order valence-corrected chi connectivity index (χ0v) is 24.7. The van der Waals surface area contributed by atoms with Crippen molar-refractivity contribution in [2.24, 2.45) is 11.8 Å². The lowest BCUT2D eigenvalue weighted by molar-refractivity contribution is -0.129. The van der Waals surface area contributed by atoms with Gasteiger partial charge in [0, 0.05) is 38.6 Å². The molecule has 2 aromatic rings. The zero-order chi connectivity index (χ0) is 29.4. The van der Waals surface area contributed by atoms with Gasteiger partial charge in [-0.1, -0.05) is 54.6 Å². The average Bonchev–Trinajstić information content (AvgIpc) is 3.24.